The van der Waals surface area contributed by atoms with Gasteiger partial charge in [0.05, 0.1) is 26.9 Å². The Bertz CT molecular complexity index is 2460. The monoisotopic (exact) mass is 1320 g/mol. The Labute approximate surface area is 503 Å². The van der Waals surface area contributed by atoms with Crippen molar-refractivity contribution in [1.82, 2.24) is 0 Å². The normalized spacial score (nSPS) is 29.5. The summed E-state index contributed by atoms with van der Waals surface area (Å²) in [6.07, 6.45) is 2.62. The Balaban J connectivity index is 0.000000279. The molecule has 452 valence electrons. The van der Waals surface area contributed by atoms with Gasteiger partial charge >= 0.3 is 52.8 Å². The van der Waals surface area contributed by atoms with Gasteiger partial charge in [-0.25, -0.2) is 0 Å². The Morgan fingerprint density at radius 2 is 0.568 bits per heavy atom. The van der Waals surface area contributed by atoms with Gasteiger partial charge in [0, 0.05) is 10.8 Å². The molecule has 0 saturated carbocycles. The van der Waals surface area contributed by atoms with E-state index in [0.29, 0.717) is 19.8 Å². The van der Waals surface area contributed by atoms with Gasteiger partial charge in [-0.05, 0) is 193 Å². The van der Waals surface area contributed by atoms with Gasteiger partial charge in [0.1, 0.15) is 23.0 Å². The third-order valence-electron chi connectivity index (χ3n) is 14.6. The first-order valence-electron chi connectivity index (χ1n) is 29.0. The summed E-state index contributed by atoms with van der Waals surface area (Å²) >= 11 is 0. The van der Waals surface area contributed by atoms with Gasteiger partial charge in [-0.2, -0.15) is 0 Å². The second kappa shape index (κ2) is 30.7. The lowest BCUT2D eigenvalue weighted by atomic mass is 9.78. The molecule has 4 aromatic rings. The molecule has 3 saturated heterocycles. The molecule has 0 aliphatic carbocycles. The lowest BCUT2D eigenvalue weighted by Gasteiger charge is -2.40. The van der Waals surface area contributed by atoms with E-state index in [9.17, 15) is 0 Å². The molecular weight excluding hydrogens is 1230 g/mol. The van der Waals surface area contributed by atoms with Gasteiger partial charge in [0.15, 0.2) is 0 Å². The number of benzene rings is 4. The molecule has 81 heavy (non-hydrogen) atoms. The second-order valence-electron chi connectivity index (χ2n) is 23.2. The van der Waals surface area contributed by atoms with E-state index < -0.39 is 109 Å². The molecule has 3 aliphatic heterocycles. The van der Waals surface area contributed by atoms with Gasteiger partial charge in [0.2, 0.25) is 0 Å². The first-order valence-corrected chi connectivity index (χ1v) is 56.1. The van der Waals surface area contributed by atoms with Gasteiger partial charge in [0.25, 0.3) is 55.7 Å². The molecule has 16 nitrogen and oxygen atoms in total. The van der Waals surface area contributed by atoms with Crippen LogP contribution in [0.25, 0.3) is 0 Å². The van der Waals surface area contributed by atoms with Crippen molar-refractivity contribution in [1.29, 1.82) is 0 Å². The van der Waals surface area contributed by atoms with Crippen molar-refractivity contribution in [3.8, 4) is 23.0 Å². The van der Waals surface area contributed by atoms with E-state index in [-0.39, 0.29) is 10.8 Å². The van der Waals surface area contributed by atoms with E-state index in [1.54, 1.807) is 7.11 Å². The van der Waals surface area contributed by atoms with Crippen LogP contribution in [0.15, 0.2) is 97.1 Å². The van der Waals surface area contributed by atoms with Crippen molar-refractivity contribution in [2.45, 2.75) is 161 Å². The fourth-order valence-electron chi connectivity index (χ4n) is 10.7. The zero-order valence-corrected chi connectivity index (χ0v) is 65.0. The van der Waals surface area contributed by atoms with Crippen molar-refractivity contribution in [3.05, 3.63) is 119 Å². The summed E-state index contributed by atoms with van der Waals surface area (Å²) in [4.78, 5) is 0. The van der Waals surface area contributed by atoms with E-state index in [1.165, 1.54) is 22.3 Å². The minimum atomic E-state index is -2.36. The average molecular weight is 1330 g/mol. The SMILES string of the molecule is COc1ccc(C(C)(C)c2ccc(OCCC[Si]3(C)O[SiH](C)O[SiH](C)O[SiH](C)O3)cc2)cc1.C[SiH]1O[SiH](C)O[Si](C)(CCCOc2ccc(C(C)(C)c3ccc(OCCC[Si]4(C)O[SiH](C)O[Si](C)(C)O[SiH](C)O4)cc3)cc2)O[SiH](C)O1. The quantitative estimate of drug-likeness (QED) is 0.0610. The zero-order valence-electron chi connectivity index (χ0n) is 51.8. The molecule has 3 fully saturated rings. The molecule has 6 unspecified atom stereocenters. The van der Waals surface area contributed by atoms with Crippen molar-refractivity contribution < 1.29 is 68.3 Å². The van der Waals surface area contributed by atoms with Crippen molar-refractivity contribution in [2.75, 3.05) is 26.9 Å². The van der Waals surface area contributed by atoms with Gasteiger partial charge in [-0.1, -0.05) is 76.2 Å². The molecular formula is C53H96O16Si12. The van der Waals surface area contributed by atoms with Crippen LogP contribution in [-0.4, -0.2) is 135 Å². The summed E-state index contributed by atoms with van der Waals surface area (Å²) in [6, 6.07) is 36.2. The van der Waals surface area contributed by atoms with Crippen LogP contribution < -0.4 is 18.9 Å². The number of methoxy groups -OCH3 is 1. The van der Waals surface area contributed by atoms with Crippen LogP contribution in [0.1, 0.15) is 69.2 Å². The molecule has 7 rings (SSSR count). The van der Waals surface area contributed by atoms with E-state index in [0.717, 1.165) is 60.4 Å². The summed E-state index contributed by atoms with van der Waals surface area (Å²) in [5.41, 5.74) is 4.65. The standard InChI is InChI=1S/C30H58O10Si8.C23H38O6Si4/c1-30(2,26-14-18-28(19-15-26)31-22-12-24-47(10)37-42(4)33-41(3)34-43(5)38-47)27-16-20-29(21-17-27)32-23-13-25-48(11)39-44(6)35-46(8,9)36-45(7)40-48;1-23(2,19-9-13-21(24-3)14-10-19)20-11-15-22(16-12-20)25-17-8-18-33(7)28-31(5)26-30(4)27-32(6)29-33/h14-21,41-45H,12-13,22-25H2,1-11H3;9-16,30-32H,8,17-18H2,1-7H3. The number of hydrogen-bond donors (Lipinski definition) is 0. The molecule has 4 aromatic carbocycles. The van der Waals surface area contributed by atoms with Crippen LogP contribution in [0.4, 0.5) is 0 Å². The van der Waals surface area contributed by atoms with Crippen LogP contribution in [0.5, 0.6) is 23.0 Å². The predicted molar refractivity (Wildman–Crippen MR) is 351 cm³/mol. The molecule has 6 atom stereocenters. The highest BCUT2D eigenvalue weighted by Gasteiger charge is 2.44. The molecule has 3 heterocycles. The molecule has 0 amide bonds. The minimum Gasteiger partial charge on any atom is -0.497 e. The summed E-state index contributed by atoms with van der Waals surface area (Å²) < 4.78 is 98.5. The van der Waals surface area contributed by atoms with Gasteiger partial charge in [-0.3, -0.25) is 0 Å². The first-order chi connectivity index (χ1) is 38.1. The number of rotatable bonds is 20. The molecule has 0 radical (unpaired) electrons. The second-order valence-corrected chi connectivity index (χ2v) is 55.3. The topological polar surface area (TPSA) is 148 Å². The average Bonchev–Trinajstić information content (AvgIpc) is 3.50. The third-order valence-corrected chi connectivity index (χ3v) is 57.8. The Hall–Kier alpha value is -1.80. The van der Waals surface area contributed by atoms with Gasteiger partial charge in [-0.15, -0.1) is 0 Å². The first kappa shape index (κ1) is 68.3. The maximum atomic E-state index is 6.45. The number of ether oxygens (including phenoxy) is 4. The lowest BCUT2D eigenvalue weighted by Crippen LogP contribution is -2.56. The Morgan fingerprint density at radius 3 is 0.815 bits per heavy atom. The van der Waals surface area contributed by atoms with Crippen molar-refractivity contribution in [2.24, 2.45) is 0 Å². The maximum Gasteiger partial charge on any atom is 0.317 e. The molecule has 0 N–H and O–H groups in total. The van der Waals surface area contributed by atoms with Crippen LogP contribution in [0.3, 0.4) is 0 Å². The van der Waals surface area contributed by atoms with Crippen molar-refractivity contribution in [3.63, 3.8) is 0 Å². The van der Waals surface area contributed by atoms with Crippen LogP contribution in [0, 0.1) is 0 Å². The molecule has 0 aromatic heterocycles. The minimum absolute atomic E-state index is 0.108. The fraction of sp³-hybridized carbons (Fsp3) is 0.547. The Kier molecular flexibility index (Phi) is 25.9. The Morgan fingerprint density at radius 1 is 0.333 bits per heavy atom. The highest BCUT2D eigenvalue weighted by Crippen LogP contribution is 2.36. The van der Waals surface area contributed by atoms with Crippen molar-refractivity contribution >= 4 is 109 Å². The maximum absolute atomic E-state index is 6.45. The van der Waals surface area contributed by atoms with Crippen LogP contribution in [-0.2, 0) is 60.2 Å². The third kappa shape index (κ3) is 21.8. The highest BCUT2D eigenvalue weighted by atomic mass is 28.5. The lowest BCUT2D eigenvalue weighted by molar-refractivity contribution is 0.255. The van der Waals surface area contributed by atoms with Crippen LogP contribution >= 0.6 is 0 Å². The number of hydrogen-bond acceptors (Lipinski definition) is 16. The smallest absolute Gasteiger partial charge is 0.317 e. The fourth-order valence-corrected chi connectivity index (χ4v) is 56.4. The van der Waals surface area contributed by atoms with E-state index >= 15 is 0 Å². The van der Waals surface area contributed by atoms with Gasteiger partial charge < -0.3 is 68.3 Å². The van der Waals surface area contributed by atoms with E-state index in [1.807, 2.05) is 12.1 Å². The van der Waals surface area contributed by atoms with E-state index in [4.69, 9.17) is 68.3 Å². The predicted octanol–water partition coefficient (Wildman–Crippen LogP) is 10.3. The summed E-state index contributed by atoms with van der Waals surface area (Å²) in [6.45, 7) is 38.0. The molecule has 0 bridgehead atoms. The summed E-state index contributed by atoms with van der Waals surface area (Å²) in [7, 11) is -21.1. The zero-order chi connectivity index (χ0) is 59.2. The highest BCUT2D eigenvalue weighted by molar-refractivity contribution is 6.85. The van der Waals surface area contributed by atoms with E-state index in [2.05, 4.69) is 198 Å². The van der Waals surface area contributed by atoms with Crippen LogP contribution in [0.2, 0.25) is 103 Å². The summed E-state index contributed by atoms with van der Waals surface area (Å²) in [5, 5.41) is 0. The molecule has 3 aliphatic rings. The molecule has 0 spiro atoms. The largest absolute Gasteiger partial charge is 0.497 e. The molecule has 28 heteroatoms. The summed E-state index contributed by atoms with van der Waals surface area (Å²) in [5.74, 6) is 3.49.